The van der Waals surface area contributed by atoms with Gasteiger partial charge in [-0.2, -0.15) is 0 Å². The molecule has 2 unspecified atom stereocenters. The maximum Gasteiger partial charge on any atom is 0.291 e. The molecule has 28 heavy (non-hydrogen) atoms. The lowest BCUT2D eigenvalue weighted by Gasteiger charge is -2.05. The quantitative estimate of drug-likeness (QED) is 0.734. The summed E-state index contributed by atoms with van der Waals surface area (Å²) in [6.07, 6.45) is 2.56. The third-order valence-corrected chi connectivity index (χ3v) is 5.26. The number of benzene rings is 2. The Morgan fingerprint density at radius 3 is 2.43 bits per heavy atom. The van der Waals surface area contributed by atoms with E-state index in [9.17, 15) is 13.6 Å². The van der Waals surface area contributed by atoms with Gasteiger partial charge in [-0.15, -0.1) is 5.10 Å². The van der Waals surface area contributed by atoms with Gasteiger partial charge < -0.3 is 5.32 Å². The van der Waals surface area contributed by atoms with E-state index >= 15 is 0 Å². The number of carbonyl (C=O) groups excluding carboxylic acids is 1. The third-order valence-electron chi connectivity index (χ3n) is 5.26. The number of hydrogen-bond donors (Lipinski definition) is 1. The molecule has 2 aromatic carbocycles. The van der Waals surface area contributed by atoms with Crippen LogP contribution in [0.1, 0.15) is 53.1 Å². The van der Waals surface area contributed by atoms with Crippen molar-refractivity contribution in [1.82, 2.24) is 20.1 Å². The zero-order valence-corrected chi connectivity index (χ0v) is 15.0. The summed E-state index contributed by atoms with van der Waals surface area (Å²) >= 11 is 0. The minimum Gasteiger partial charge on any atom is -0.346 e. The molecule has 2 saturated carbocycles. The molecule has 0 radical (unpaired) electrons. The van der Waals surface area contributed by atoms with Gasteiger partial charge in [0.1, 0.15) is 17.5 Å². The van der Waals surface area contributed by atoms with Gasteiger partial charge in [-0.1, -0.05) is 24.3 Å². The van der Waals surface area contributed by atoms with Crippen LogP contribution in [0.15, 0.2) is 48.5 Å². The molecule has 0 aliphatic heterocycles. The van der Waals surface area contributed by atoms with E-state index in [4.69, 9.17) is 0 Å². The maximum absolute atomic E-state index is 13.9. The van der Waals surface area contributed by atoms with Crippen LogP contribution in [0.3, 0.4) is 0 Å². The SMILES string of the molecule is O=C(NC1CC1c1c(F)cccc1F)c1nc(C2CC2)n(-c2ccccc2)n1. The van der Waals surface area contributed by atoms with E-state index in [2.05, 4.69) is 15.4 Å². The number of carbonyl (C=O) groups is 1. The van der Waals surface area contributed by atoms with Crippen LogP contribution in [0.5, 0.6) is 0 Å². The fourth-order valence-electron chi connectivity index (χ4n) is 3.56. The molecule has 3 aromatic rings. The average molecular weight is 380 g/mol. The zero-order valence-electron chi connectivity index (χ0n) is 15.0. The number of nitrogens with one attached hydrogen (secondary N) is 1. The Balaban J connectivity index is 1.36. The van der Waals surface area contributed by atoms with Crippen molar-refractivity contribution in [3.05, 3.63) is 77.4 Å². The van der Waals surface area contributed by atoms with Gasteiger partial charge in [0.2, 0.25) is 5.82 Å². The van der Waals surface area contributed by atoms with Crippen molar-refractivity contribution in [3.8, 4) is 5.69 Å². The highest BCUT2D eigenvalue weighted by atomic mass is 19.1. The maximum atomic E-state index is 13.9. The molecule has 1 N–H and O–H groups in total. The summed E-state index contributed by atoms with van der Waals surface area (Å²) < 4.78 is 29.6. The normalized spacial score (nSPS) is 20.8. The second-order valence-electron chi connectivity index (χ2n) is 7.37. The molecule has 1 aromatic heterocycles. The molecule has 2 aliphatic rings. The van der Waals surface area contributed by atoms with Crippen LogP contribution >= 0.6 is 0 Å². The van der Waals surface area contributed by atoms with Gasteiger partial charge in [0, 0.05) is 23.4 Å². The van der Waals surface area contributed by atoms with E-state index in [1.807, 2.05) is 30.3 Å². The first kappa shape index (κ1) is 17.0. The van der Waals surface area contributed by atoms with Crippen molar-refractivity contribution in [2.24, 2.45) is 0 Å². The van der Waals surface area contributed by atoms with Crippen LogP contribution in [-0.4, -0.2) is 26.7 Å². The van der Waals surface area contributed by atoms with E-state index < -0.39 is 17.5 Å². The number of rotatable bonds is 5. The van der Waals surface area contributed by atoms with Gasteiger partial charge in [0.15, 0.2) is 0 Å². The lowest BCUT2D eigenvalue weighted by Crippen LogP contribution is -2.28. The fraction of sp³-hybridized carbons (Fsp3) is 0.286. The van der Waals surface area contributed by atoms with Gasteiger partial charge in [-0.3, -0.25) is 4.79 Å². The monoisotopic (exact) mass is 380 g/mol. The molecule has 142 valence electrons. The van der Waals surface area contributed by atoms with Crippen LogP contribution in [0.4, 0.5) is 8.78 Å². The lowest BCUT2D eigenvalue weighted by atomic mass is 10.1. The van der Waals surface area contributed by atoms with Crippen molar-refractivity contribution in [1.29, 1.82) is 0 Å². The summed E-state index contributed by atoms with van der Waals surface area (Å²) in [7, 11) is 0. The van der Waals surface area contributed by atoms with Crippen molar-refractivity contribution in [3.63, 3.8) is 0 Å². The van der Waals surface area contributed by atoms with E-state index in [-0.39, 0.29) is 23.3 Å². The van der Waals surface area contributed by atoms with Gasteiger partial charge in [-0.05, 0) is 43.5 Å². The highest BCUT2D eigenvalue weighted by Gasteiger charge is 2.43. The summed E-state index contributed by atoms with van der Waals surface area (Å²) in [5.41, 5.74) is 0.892. The van der Waals surface area contributed by atoms with Crippen molar-refractivity contribution in [2.45, 2.75) is 37.1 Å². The van der Waals surface area contributed by atoms with Crippen molar-refractivity contribution < 1.29 is 13.6 Å². The smallest absolute Gasteiger partial charge is 0.291 e. The second-order valence-corrected chi connectivity index (χ2v) is 7.37. The molecule has 0 spiro atoms. The summed E-state index contributed by atoms with van der Waals surface area (Å²) in [6.45, 7) is 0. The van der Waals surface area contributed by atoms with Crippen LogP contribution in [0, 0.1) is 11.6 Å². The van der Waals surface area contributed by atoms with Crippen LogP contribution in [0.25, 0.3) is 5.69 Å². The van der Waals surface area contributed by atoms with Crippen LogP contribution in [0.2, 0.25) is 0 Å². The number of aromatic nitrogens is 3. The van der Waals surface area contributed by atoms with E-state index in [1.54, 1.807) is 4.68 Å². The van der Waals surface area contributed by atoms with Crippen molar-refractivity contribution >= 4 is 5.91 Å². The summed E-state index contributed by atoms with van der Waals surface area (Å²) in [5.74, 6) is -0.747. The van der Waals surface area contributed by atoms with Gasteiger partial charge in [-0.25, -0.2) is 18.4 Å². The molecule has 0 saturated heterocycles. The van der Waals surface area contributed by atoms with Gasteiger partial charge in [0.25, 0.3) is 5.91 Å². The predicted octanol–water partition coefficient (Wildman–Crippen LogP) is 3.71. The summed E-state index contributed by atoms with van der Waals surface area (Å²) in [6, 6.07) is 13.1. The zero-order chi connectivity index (χ0) is 19.3. The van der Waals surface area contributed by atoms with Gasteiger partial charge in [0.05, 0.1) is 5.69 Å². The van der Waals surface area contributed by atoms with E-state index in [0.29, 0.717) is 12.3 Å². The Kier molecular flexibility index (Phi) is 3.96. The number of hydrogen-bond acceptors (Lipinski definition) is 3. The summed E-state index contributed by atoms with van der Waals surface area (Å²) in [5, 5.41) is 7.21. The van der Waals surface area contributed by atoms with Crippen molar-refractivity contribution in [2.75, 3.05) is 0 Å². The summed E-state index contributed by atoms with van der Waals surface area (Å²) in [4.78, 5) is 17.1. The molecule has 2 fully saturated rings. The minimum absolute atomic E-state index is 0.0363. The number of para-hydroxylation sites is 1. The highest BCUT2D eigenvalue weighted by molar-refractivity contribution is 5.91. The Labute approximate surface area is 160 Å². The average Bonchev–Trinajstić information content (AvgIpc) is 3.62. The molecule has 2 aliphatic carbocycles. The molecule has 1 amide bonds. The first-order valence-electron chi connectivity index (χ1n) is 9.39. The fourth-order valence-corrected chi connectivity index (χ4v) is 3.56. The molecule has 2 atom stereocenters. The first-order chi connectivity index (χ1) is 13.6. The van der Waals surface area contributed by atoms with E-state index in [0.717, 1.165) is 24.4 Å². The second kappa shape index (κ2) is 6.51. The molecule has 5 nitrogen and oxygen atoms in total. The predicted molar refractivity (Wildman–Crippen MR) is 98.3 cm³/mol. The lowest BCUT2D eigenvalue weighted by molar-refractivity contribution is 0.0939. The topological polar surface area (TPSA) is 59.8 Å². The Hall–Kier alpha value is -3.09. The first-order valence-corrected chi connectivity index (χ1v) is 9.39. The number of amides is 1. The molecule has 7 heteroatoms. The third kappa shape index (κ3) is 3.06. The Morgan fingerprint density at radius 2 is 1.75 bits per heavy atom. The Morgan fingerprint density at radius 1 is 1.04 bits per heavy atom. The number of halogens is 2. The molecular weight excluding hydrogens is 362 g/mol. The standard InChI is InChI=1S/C21H18F2N4O/c22-15-7-4-8-16(23)18(15)14-11-17(14)24-21(28)19-25-20(12-9-10-12)27(26-19)13-5-2-1-3-6-13/h1-8,12,14,17H,9-11H2,(H,24,28). The molecule has 1 heterocycles. The van der Waals surface area contributed by atoms with Crippen LogP contribution < -0.4 is 5.32 Å². The Bertz CT molecular complexity index is 1030. The highest BCUT2D eigenvalue weighted by Crippen LogP contribution is 2.43. The number of nitrogens with zero attached hydrogens (tertiary/aromatic N) is 3. The largest absolute Gasteiger partial charge is 0.346 e. The molecular formula is C21H18F2N4O. The van der Waals surface area contributed by atoms with E-state index in [1.165, 1.54) is 18.2 Å². The van der Waals surface area contributed by atoms with Gasteiger partial charge >= 0.3 is 0 Å². The molecule has 5 rings (SSSR count). The minimum atomic E-state index is -0.579. The molecule has 0 bridgehead atoms. The van der Waals surface area contributed by atoms with Crippen LogP contribution in [-0.2, 0) is 0 Å².